The molecular formula is C20H22N6O4S2. The molecular weight excluding hydrogens is 452 g/mol. The first-order valence-electron chi connectivity index (χ1n) is 9.91. The van der Waals surface area contributed by atoms with Crippen LogP contribution in [0.2, 0.25) is 0 Å². The van der Waals surface area contributed by atoms with Crippen LogP contribution in [0.15, 0.2) is 28.5 Å². The first-order chi connectivity index (χ1) is 15.4. The van der Waals surface area contributed by atoms with Crippen molar-refractivity contribution in [2.75, 3.05) is 24.7 Å². The fourth-order valence-electron chi connectivity index (χ4n) is 3.33. The monoisotopic (exact) mass is 474 g/mol. The number of anilines is 1. The van der Waals surface area contributed by atoms with E-state index in [0.29, 0.717) is 72.4 Å². The summed E-state index contributed by atoms with van der Waals surface area (Å²) in [6.45, 7) is 1.51. The van der Waals surface area contributed by atoms with Gasteiger partial charge in [-0.3, -0.25) is 0 Å². The van der Waals surface area contributed by atoms with Crippen molar-refractivity contribution in [1.82, 2.24) is 19.5 Å². The molecule has 0 amide bonds. The number of unbranched alkanes of at least 4 members (excludes halogenated alkanes) is 2. The van der Waals surface area contributed by atoms with Gasteiger partial charge >= 0.3 is 0 Å². The van der Waals surface area contributed by atoms with Gasteiger partial charge in [0, 0.05) is 23.1 Å². The number of aryl methyl sites for hydroxylation is 1. The zero-order valence-corrected chi connectivity index (χ0v) is 18.8. The van der Waals surface area contributed by atoms with E-state index in [1.165, 1.54) is 18.1 Å². The number of terminal acetylenes is 1. The zero-order valence-electron chi connectivity index (χ0n) is 17.2. The minimum atomic E-state index is -3.46. The van der Waals surface area contributed by atoms with Crippen molar-refractivity contribution in [2.24, 2.45) is 5.14 Å². The van der Waals surface area contributed by atoms with E-state index >= 15 is 0 Å². The number of nitrogen functional groups attached to an aromatic ring is 1. The van der Waals surface area contributed by atoms with Crippen LogP contribution in [0.5, 0.6) is 11.5 Å². The van der Waals surface area contributed by atoms with Gasteiger partial charge in [0.05, 0.1) is 5.75 Å². The lowest BCUT2D eigenvalue weighted by Gasteiger charge is -2.19. The summed E-state index contributed by atoms with van der Waals surface area (Å²) in [6.07, 6.45) is 9.00. The van der Waals surface area contributed by atoms with Crippen molar-refractivity contribution >= 4 is 38.8 Å². The minimum absolute atomic E-state index is 0.0445. The van der Waals surface area contributed by atoms with Gasteiger partial charge in [0.1, 0.15) is 19.5 Å². The molecule has 1 aliphatic rings. The van der Waals surface area contributed by atoms with Gasteiger partial charge in [-0.2, -0.15) is 0 Å². The largest absolute Gasteiger partial charge is 0.486 e. The molecule has 0 saturated carbocycles. The Hall–Kier alpha value is -3.01. The molecule has 1 aromatic carbocycles. The van der Waals surface area contributed by atoms with Crippen LogP contribution < -0.4 is 20.3 Å². The Bertz CT molecular complexity index is 1300. The molecule has 4 N–H and O–H groups in total. The third-order valence-electron chi connectivity index (χ3n) is 4.84. The molecule has 3 aromatic rings. The number of nitrogens with zero attached hydrogens (tertiary/aromatic N) is 4. The standard InChI is InChI=1S/C20H22N6O4S2/c1-2-13-10-14-15(30-8-7-29-14)11-16(13)31-20-25-17-18(21)23-12-24-19(17)26(20)6-4-3-5-9-32(22,27)28/h1,10-12H,3-9H2,(H2,21,23,24)(H2,22,27,28). The van der Waals surface area contributed by atoms with Gasteiger partial charge in [-0.25, -0.2) is 28.5 Å². The number of sulfonamides is 1. The molecule has 0 fully saturated rings. The van der Waals surface area contributed by atoms with Crippen LogP contribution in [0.4, 0.5) is 5.82 Å². The van der Waals surface area contributed by atoms with Crippen LogP contribution in [-0.4, -0.2) is 46.9 Å². The summed E-state index contributed by atoms with van der Waals surface area (Å²) in [5.41, 5.74) is 7.78. The molecule has 32 heavy (non-hydrogen) atoms. The summed E-state index contributed by atoms with van der Waals surface area (Å²) >= 11 is 1.38. The third kappa shape index (κ3) is 4.90. The highest BCUT2D eigenvalue weighted by Crippen LogP contribution is 2.40. The lowest BCUT2D eigenvalue weighted by molar-refractivity contribution is 0.171. The van der Waals surface area contributed by atoms with E-state index in [9.17, 15) is 8.42 Å². The second-order valence-corrected chi connectivity index (χ2v) is 9.89. The van der Waals surface area contributed by atoms with E-state index in [2.05, 4.69) is 20.9 Å². The highest BCUT2D eigenvalue weighted by atomic mass is 32.2. The summed E-state index contributed by atoms with van der Waals surface area (Å²) in [6, 6.07) is 3.63. The number of benzene rings is 1. The minimum Gasteiger partial charge on any atom is -0.486 e. The predicted octanol–water partition coefficient (Wildman–Crippen LogP) is 1.77. The smallest absolute Gasteiger partial charge is 0.209 e. The molecule has 4 rings (SSSR count). The molecule has 0 radical (unpaired) electrons. The second kappa shape index (κ2) is 9.23. The third-order valence-corrected chi connectivity index (χ3v) is 6.75. The number of aromatic nitrogens is 4. The molecule has 0 aliphatic carbocycles. The molecule has 0 bridgehead atoms. The Balaban J connectivity index is 1.63. The fraction of sp³-hybridized carbons (Fsp3) is 0.350. The number of ether oxygens (including phenoxy) is 2. The SMILES string of the molecule is C#Cc1cc2c(cc1Sc1nc3c(N)ncnc3n1CCCCCS(N)(=O)=O)OCCO2. The van der Waals surface area contributed by atoms with Crippen molar-refractivity contribution in [1.29, 1.82) is 0 Å². The molecule has 12 heteroatoms. The molecule has 0 saturated heterocycles. The van der Waals surface area contributed by atoms with E-state index in [-0.39, 0.29) is 11.6 Å². The van der Waals surface area contributed by atoms with Gasteiger partial charge in [0.15, 0.2) is 33.6 Å². The van der Waals surface area contributed by atoms with Crippen LogP contribution in [0.3, 0.4) is 0 Å². The maximum absolute atomic E-state index is 11.1. The number of nitrogens with two attached hydrogens (primary N) is 2. The fourth-order valence-corrected chi connectivity index (χ4v) is 4.95. The second-order valence-electron chi connectivity index (χ2n) is 7.14. The molecule has 2 aromatic heterocycles. The summed E-state index contributed by atoms with van der Waals surface area (Å²) in [5.74, 6) is 4.17. The molecule has 0 atom stereocenters. The molecule has 3 heterocycles. The van der Waals surface area contributed by atoms with E-state index < -0.39 is 10.0 Å². The van der Waals surface area contributed by atoms with E-state index in [1.54, 1.807) is 6.07 Å². The summed E-state index contributed by atoms with van der Waals surface area (Å²) in [5, 5.41) is 5.72. The number of rotatable bonds is 8. The number of imidazole rings is 1. The highest BCUT2D eigenvalue weighted by molar-refractivity contribution is 7.99. The highest BCUT2D eigenvalue weighted by Gasteiger charge is 2.20. The van der Waals surface area contributed by atoms with Gasteiger partial charge in [-0.15, -0.1) is 6.42 Å². The van der Waals surface area contributed by atoms with Crippen LogP contribution in [0, 0.1) is 12.3 Å². The normalized spacial score (nSPS) is 13.2. The van der Waals surface area contributed by atoms with Crippen molar-refractivity contribution in [3.63, 3.8) is 0 Å². The number of hydrogen-bond acceptors (Lipinski definition) is 9. The first kappa shape index (κ1) is 22.2. The van der Waals surface area contributed by atoms with Crippen molar-refractivity contribution in [2.45, 2.75) is 35.9 Å². The van der Waals surface area contributed by atoms with Crippen LogP contribution in [0.1, 0.15) is 24.8 Å². The summed E-state index contributed by atoms with van der Waals surface area (Å²) in [7, 11) is -3.46. The van der Waals surface area contributed by atoms with Crippen molar-refractivity contribution < 1.29 is 17.9 Å². The molecule has 10 nitrogen and oxygen atoms in total. The molecule has 0 unspecified atom stereocenters. The van der Waals surface area contributed by atoms with Gasteiger partial charge in [-0.1, -0.05) is 24.1 Å². The summed E-state index contributed by atoms with van der Waals surface area (Å²) < 4.78 is 35.5. The lowest BCUT2D eigenvalue weighted by Crippen LogP contribution is -2.16. The number of primary sulfonamides is 1. The lowest BCUT2D eigenvalue weighted by atomic mass is 10.2. The maximum atomic E-state index is 11.1. The van der Waals surface area contributed by atoms with Crippen LogP contribution >= 0.6 is 11.8 Å². The topological polar surface area (TPSA) is 148 Å². The molecule has 1 aliphatic heterocycles. The maximum Gasteiger partial charge on any atom is 0.209 e. The quantitative estimate of drug-likeness (QED) is 0.368. The van der Waals surface area contributed by atoms with Crippen molar-refractivity contribution in [3.05, 3.63) is 24.0 Å². The van der Waals surface area contributed by atoms with E-state index in [1.807, 2.05) is 10.6 Å². The van der Waals surface area contributed by atoms with Crippen molar-refractivity contribution in [3.8, 4) is 23.8 Å². The average Bonchev–Trinajstić information content (AvgIpc) is 3.11. The zero-order chi connectivity index (χ0) is 22.7. The Morgan fingerprint density at radius 3 is 2.62 bits per heavy atom. The van der Waals surface area contributed by atoms with E-state index in [4.69, 9.17) is 26.8 Å². The van der Waals surface area contributed by atoms with Crippen LogP contribution in [-0.2, 0) is 16.6 Å². The first-order valence-corrected chi connectivity index (χ1v) is 12.4. The van der Waals surface area contributed by atoms with Crippen LogP contribution in [0.25, 0.3) is 11.2 Å². The molecule has 0 spiro atoms. The Morgan fingerprint density at radius 2 is 1.91 bits per heavy atom. The Kier molecular flexibility index (Phi) is 6.40. The van der Waals surface area contributed by atoms with Gasteiger partial charge in [0.25, 0.3) is 0 Å². The number of fused-ring (bicyclic) bond motifs is 2. The Morgan fingerprint density at radius 1 is 1.16 bits per heavy atom. The summed E-state index contributed by atoms with van der Waals surface area (Å²) in [4.78, 5) is 13.8. The predicted molar refractivity (Wildman–Crippen MR) is 121 cm³/mol. The van der Waals surface area contributed by atoms with Gasteiger partial charge in [0.2, 0.25) is 10.0 Å². The van der Waals surface area contributed by atoms with Gasteiger partial charge < -0.3 is 19.8 Å². The number of hydrogen-bond donors (Lipinski definition) is 2. The Labute approximate surface area is 189 Å². The molecule has 168 valence electrons. The van der Waals surface area contributed by atoms with Gasteiger partial charge in [-0.05, 0) is 18.9 Å². The van der Waals surface area contributed by atoms with E-state index in [0.717, 1.165) is 4.90 Å². The average molecular weight is 475 g/mol.